The predicted octanol–water partition coefficient (Wildman–Crippen LogP) is 2.31. The second-order valence-electron chi connectivity index (χ2n) is 4.09. The summed E-state index contributed by atoms with van der Waals surface area (Å²) in [7, 11) is 0. The summed E-state index contributed by atoms with van der Waals surface area (Å²) in [5.74, 6) is 0. The maximum Gasteiger partial charge on any atom is 0.127 e. The van der Waals surface area contributed by atoms with Gasteiger partial charge in [-0.05, 0) is 44.4 Å². The number of hydrogen-bond acceptors (Lipinski definition) is 2. The minimum Gasteiger partial charge on any atom is -0.310 e. The molecule has 0 radical (unpaired) electrons. The average molecular weight is 188 g/mol. The summed E-state index contributed by atoms with van der Waals surface area (Å²) in [5.41, 5.74) is 9.38. The summed E-state index contributed by atoms with van der Waals surface area (Å²) >= 11 is 0. The van der Waals surface area contributed by atoms with Crippen LogP contribution in [0.5, 0.6) is 0 Å². The molecule has 0 saturated carbocycles. The molecule has 2 heteroatoms. The summed E-state index contributed by atoms with van der Waals surface area (Å²) in [6.45, 7) is 7.79. The molecule has 0 saturated heterocycles. The summed E-state index contributed by atoms with van der Waals surface area (Å²) < 4.78 is 0. The summed E-state index contributed by atoms with van der Waals surface area (Å²) in [6, 6.07) is 6.26. The maximum atomic E-state index is 8.99. The Labute approximate surface area is 85.4 Å². The van der Waals surface area contributed by atoms with Crippen LogP contribution in [0.15, 0.2) is 12.1 Å². The zero-order chi connectivity index (χ0) is 10.9. The molecule has 0 heterocycles. The molecule has 0 bridgehead atoms. The third-order valence-corrected chi connectivity index (χ3v) is 2.43. The highest BCUT2D eigenvalue weighted by Crippen LogP contribution is 2.25. The normalized spacial score (nSPS) is 14.6. The molecule has 1 atom stereocenters. The Morgan fingerprint density at radius 2 is 1.64 bits per heavy atom. The van der Waals surface area contributed by atoms with Gasteiger partial charge in [-0.3, -0.25) is 0 Å². The van der Waals surface area contributed by atoms with Crippen molar-refractivity contribution in [2.75, 3.05) is 0 Å². The van der Waals surface area contributed by atoms with Crippen LogP contribution < -0.4 is 5.73 Å². The monoisotopic (exact) mass is 188 g/mol. The number of hydrogen-bond donors (Lipinski definition) is 1. The van der Waals surface area contributed by atoms with Crippen LogP contribution in [-0.4, -0.2) is 0 Å². The molecule has 2 nitrogen and oxygen atoms in total. The van der Waals surface area contributed by atoms with Gasteiger partial charge in [0.2, 0.25) is 0 Å². The molecule has 14 heavy (non-hydrogen) atoms. The lowest BCUT2D eigenvalue weighted by Gasteiger charge is -2.21. The number of aryl methyl sites for hydroxylation is 3. The minimum atomic E-state index is -0.887. The maximum absolute atomic E-state index is 8.99. The van der Waals surface area contributed by atoms with Crippen molar-refractivity contribution in [1.82, 2.24) is 0 Å². The minimum absolute atomic E-state index is 0.887. The molecule has 0 fully saturated rings. The molecule has 0 aromatic heterocycles. The first-order valence-electron chi connectivity index (χ1n) is 4.67. The average Bonchev–Trinajstić information content (AvgIpc) is 2.01. The predicted molar refractivity (Wildman–Crippen MR) is 57.8 cm³/mol. The summed E-state index contributed by atoms with van der Waals surface area (Å²) in [5, 5.41) is 8.99. The summed E-state index contributed by atoms with van der Waals surface area (Å²) in [4.78, 5) is 0. The highest BCUT2D eigenvalue weighted by atomic mass is 14.7. The Morgan fingerprint density at radius 1 is 1.21 bits per heavy atom. The lowest BCUT2D eigenvalue weighted by molar-refractivity contribution is 0.636. The second kappa shape index (κ2) is 3.43. The Balaban J connectivity index is 3.44. The first-order valence-corrected chi connectivity index (χ1v) is 4.67. The van der Waals surface area contributed by atoms with E-state index in [9.17, 15) is 0 Å². The van der Waals surface area contributed by atoms with Crippen molar-refractivity contribution < 1.29 is 0 Å². The van der Waals surface area contributed by atoms with Crippen molar-refractivity contribution in [2.24, 2.45) is 5.73 Å². The van der Waals surface area contributed by atoms with E-state index in [2.05, 4.69) is 18.2 Å². The summed E-state index contributed by atoms with van der Waals surface area (Å²) in [6.07, 6.45) is 0. The van der Waals surface area contributed by atoms with E-state index < -0.39 is 5.54 Å². The topological polar surface area (TPSA) is 49.8 Å². The van der Waals surface area contributed by atoms with Crippen LogP contribution in [0.1, 0.15) is 29.2 Å². The van der Waals surface area contributed by atoms with Crippen LogP contribution in [0, 0.1) is 32.1 Å². The molecule has 2 N–H and O–H groups in total. The molecule has 1 aromatic carbocycles. The van der Waals surface area contributed by atoms with Crippen LogP contribution in [0.4, 0.5) is 0 Å². The lowest BCUT2D eigenvalue weighted by atomic mass is 9.86. The van der Waals surface area contributed by atoms with Crippen molar-refractivity contribution in [3.63, 3.8) is 0 Å². The smallest absolute Gasteiger partial charge is 0.127 e. The van der Waals surface area contributed by atoms with Crippen molar-refractivity contribution in [3.8, 4) is 6.07 Å². The van der Waals surface area contributed by atoms with Gasteiger partial charge in [-0.2, -0.15) is 5.26 Å². The van der Waals surface area contributed by atoms with Crippen LogP contribution in [0.3, 0.4) is 0 Å². The number of nitrogens with zero attached hydrogens (tertiary/aromatic N) is 1. The third-order valence-electron chi connectivity index (χ3n) is 2.43. The van der Waals surface area contributed by atoms with Gasteiger partial charge in [0.05, 0.1) is 6.07 Å². The highest BCUT2D eigenvalue weighted by molar-refractivity contribution is 5.44. The Morgan fingerprint density at radius 3 is 2.00 bits per heavy atom. The molecule has 0 spiro atoms. The Kier molecular flexibility index (Phi) is 2.64. The quantitative estimate of drug-likeness (QED) is 0.735. The zero-order valence-corrected chi connectivity index (χ0v) is 9.18. The zero-order valence-electron chi connectivity index (χ0n) is 9.18. The first-order chi connectivity index (χ1) is 6.38. The second-order valence-corrected chi connectivity index (χ2v) is 4.09. The van der Waals surface area contributed by atoms with E-state index in [1.54, 1.807) is 6.92 Å². The van der Waals surface area contributed by atoms with Crippen LogP contribution >= 0.6 is 0 Å². The van der Waals surface area contributed by atoms with E-state index in [4.69, 9.17) is 11.0 Å². The lowest BCUT2D eigenvalue weighted by Crippen LogP contribution is -2.32. The van der Waals surface area contributed by atoms with Crippen molar-refractivity contribution in [2.45, 2.75) is 33.2 Å². The van der Waals surface area contributed by atoms with Crippen molar-refractivity contribution in [1.29, 1.82) is 5.26 Å². The molecule has 74 valence electrons. The van der Waals surface area contributed by atoms with Gasteiger partial charge in [-0.25, -0.2) is 0 Å². The number of benzene rings is 1. The molecule has 1 aromatic rings. The molecular weight excluding hydrogens is 172 g/mol. The molecule has 0 aliphatic carbocycles. The largest absolute Gasteiger partial charge is 0.310 e. The van der Waals surface area contributed by atoms with E-state index in [1.165, 1.54) is 5.56 Å². The van der Waals surface area contributed by atoms with E-state index in [0.29, 0.717) is 0 Å². The fourth-order valence-corrected chi connectivity index (χ4v) is 2.06. The first kappa shape index (κ1) is 10.7. The molecule has 0 unspecified atom stereocenters. The molecule has 0 aliphatic heterocycles. The van der Waals surface area contributed by atoms with Crippen LogP contribution in [0.2, 0.25) is 0 Å². The van der Waals surface area contributed by atoms with Crippen molar-refractivity contribution >= 4 is 0 Å². The third kappa shape index (κ3) is 1.78. The van der Waals surface area contributed by atoms with Gasteiger partial charge in [0, 0.05) is 0 Å². The van der Waals surface area contributed by atoms with E-state index in [1.807, 2.05) is 20.8 Å². The van der Waals surface area contributed by atoms with Gasteiger partial charge >= 0.3 is 0 Å². The Bertz CT molecular complexity index is 374. The SMILES string of the molecule is Cc1cc(C)c([C@](C)(N)C#N)c(C)c1. The highest BCUT2D eigenvalue weighted by Gasteiger charge is 2.24. The molecule has 1 rings (SSSR count). The van der Waals surface area contributed by atoms with E-state index in [-0.39, 0.29) is 0 Å². The Hall–Kier alpha value is -1.33. The molecule has 0 amide bonds. The van der Waals surface area contributed by atoms with Gasteiger partial charge < -0.3 is 5.73 Å². The fourth-order valence-electron chi connectivity index (χ4n) is 2.06. The van der Waals surface area contributed by atoms with Gasteiger partial charge in [0.15, 0.2) is 0 Å². The van der Waals surface area contributed by atoms with Crippen LogP contribution in [-0.2, 0) is 5.54 Å². The number of rotatable bonds is 1. The molecular formula is C12H16N2. The van der Waals surface area contributed by atoms with Gasteiger partial charge in [0.25, 0.3) is 0 Å². The van der Waals surface area contributed by atoms with E-state index in [0.717, 1.165) is 16.7 Å². The van der Waals surface area contributed by atoms with Crippen LogP contribution in [0.25, 0.3) is 0 Å². The standard InChI is InChI=1S/C12H16N2/c1-8-5-9(2)11(10(3)6-8)12(4,14)7-13/h5-6H,14H2,1-4H3/t12-/m1/s1. The number of nitriles is 1. The van der Waals surface area contributed by atoms with Crippen molar-refractivity contribution in [3.05, 3.63) is 34.4 Å². The van der Waals surface area contributed by atoms with Gasteiger partial charge in [-0.1, -0.05) is 17.7 Å². The van der Waals surface area contributed by atoms with Gasteiger partial charge in [-0.15, -0.1) is 0 Å². The number of nitrogens with two attached hydrogens (primary N) is 1. The fraction of sp³-hybridized carbons (Fsp3) is 0.417. The van der Waals surface area contributed by atoms with Gasteiger partial charge in [0.1, 0.15) is 5.54 Å². The molecule has 0 aliphatic rings. The van der Waals surface area contributed by atoms with E-state index >= 15 is 0 Å².